The molecule has 1 rings (SSSR count). The van der Waals surface area contributed by atoms with E-state index in [1.165, 1.54) is 22.6 Å². The third-order valence-corrected chi connectivity index (χ3v) is 2.47. The molecule has 0 fully saturated rings. The summed E-state index contributed by atoms with van der Waals surface area (Å²) in [4.78, 5) is 24.2. The van der Waals surface area contributed by atoms with E-state index in [-0.39, 0.29) is 0 Å². The van der Waals surface area contributed by atoms with Gasteiger partial charge in [0.1, 0.15) is 0 Å². The van der Waals surface area contributed by atoms with Crippen molar-refractivity contribution in [2.45, 2.75) is 6.36 Å². The molecule has 0 aliphatic carbocycles. The average molecular weight is 392 g/mol. The summed E-state index contributed by atoms with van der Waals surface area (Å²) >= 11 is 1.32. The van der Waals surface area contributed by atoms with Crippen LogP contribution in [-0.4, -0.2) is 29.3 Å². The number of hydrogen-bond donors (Lipinski definition) is 0. The van der Waals surface area contributed by atoms with Crippen molar-refractivity contribution in [2.75, 3.05) is 7.11 Å². The summed E-state index contributed by atoms with van der Waals surface area (Å²) in [6.45, 7) is 0. The number of ether oxygens (including phenoxy) is 2. The van der Waals surface area contributed by atoms with Crippen molar-refractivity contribution in [2.24, 2.45) is 0 Å². The maximum atomic E-state index is 12.1. The summed E-state index contributed by atoms with van der Waals surface area (Å²) in [6, 6.07) is 0.500. The van der Waals surface area contributed by atoms with Crippen molar-refractivity contribution in [3.8, 4) is 5.75 Å². The van der Waals surface area contributed by atoms with Crippen LogP contribution < -0.4 is 4.74 Å². The zero-order chi connectivity index (χ0) is 14.8. The maximum Gasteiger partial charge on any atom is 0.573 e. The third kappa shape index (κ3) is 3.90. The largest absolute Gasteiger partial charge is 0.573 e. The molecule has 0 aliphatic heterocycles. The fourth-order valence-electron chi connectivity index (χ4n) is 1.06. The van der Waals surface area contributed by atoms with E-state index in [2.05, 4.69) is 14.5 Å². The number of esters is 1. The third-order valence-electron chi connectivity index (χ3n) is 1.72. The van der Waals surface area contributed by atoms with Crippen LogP contribution in [0.2, 0.25) is 0 Å². The first-order valence-corrected chi connectivity index (χ1v) is 5.42. The summed E-state index contributed by atoms with van der Waals surface area (Å²) in [5.41, 5.74) is -1.51. The van der Waals surface area contributed by atoms with E-state index < -0.39 is 38.1 Å². The van der Waals surface area contributed by atoms with Gasteiger partial charge in [-0.25, -0.2) is 9.78 Å². The minimum atomic E-state index is -5.14. The van der Waals surface area contributed by atoms with Gasteiger partial charge in [-0.3, -0.25) is 10.1 Å². The number of nitro groups is 1. The Hall–Kier alpha value is -1.66. The highest BCUT2D eigenvalue weighted by molar-refractivity contribution is 14.1. The topological polar surface area (TPSA) is 91.6 Å². The van der Waals surface area contributed by atoms with Gasteiger partial charge in [-0.2, -0.15) is 0 Å². The number of halogens is 4. The minimum Gasteiger partial charge on any atom is -0.464 e. The predicted molar refractivity (Wildman–Crippen MR) is 61.6 cm³/mol. The predicted octanol–water partition coefficient (Wildman–Crippen LogP) is 2.28. The second-order valence-corrected chi connectivity index (χ2v) is 3.96. The molecule has 0 saturated heterocycles. The molecule has 0 amide bonds. The van der Waals surface area contributed by atoms with Crippen molar-refractivity contribution >= 4 is 34.2 Å². The van der Waals surface area contributed by atoms with Gasteiger partial charge in [-0.05, 0) is 22.6 Å². The Balaban J connectivity index is 3.41. The van der Waals surface area contributed by atoms with Crippen LogP contribution in [0.5, 0.6) is 5.75 Å². The van der Waals surface area contributed by atoms with E-state index in [1.54, 1.807) is 0 Å². The van der Waals surface area contributed by atoms with Crippen LogP contribution in [0.3, 0.4) is 0 Å². The van der Waals surface area contributed by atoms with Crippen LogP contribution in [-0.2, 0) is 4.74 Å². The maximum absolute atomic E-state index is 12.1. The Morgan fingerprint density at radius 1 is 1.53 bits per heavy atom. The highest BCUT2D eigenvalue weighted by atomic mass is 127. The summed E-state index contributed by atoms with van der Waals surface area (Å²) in [5.74, 6) is -2.17. The van der Waals surface area contributed by atoms with Gasteiger partial charge in [0.2, 0.25) is 5.75 Å². The van der Waals surface area contributed by atoms with Crippen molar-refractivity contribution < 1.29 is 32.4 Å². The Morgan fingerprint density at radius 2 is 2.11 bits per heavy atom. The second kappa shape index (κ2) is 5.54. The fourth-order valence-corrected chi connectivity index (χ4v) is 1.78. The van der Waals surface area contributed by atoms with Crippen LogP contribution >= 0.6 is 22.6 Å². The quantitative estimate of drug-likeness (QED) is 0.258. The van der Waals surface area contributed by atoms with Gasteiger partial charge in [0.05, 0.1) is 12.0 Å². The van der Waals surface area contributed by atoms with Crippen LogP contribution in [0.1, 0.15) is 10.5 Å². The Morgan fingerprint density at radius 3 is 2.53 bits per heavy atom. The standard InChI is InChI=1S/C8H4F3IN2O5/c1-18-7(15)3-2-4(19-8(9,10)11)5(14(16)17)6(12)13-3/h2H,1H3. The monoisotopic (exact) mass is 392 g/mol. The van der Waals surface area contributed by atoms with E-state index >= 15 is 0 Å². The molecule has 1 aromatic rings. The normalized spacial score (nSPS) is 11.0. The number of carbonyl (C=O) groups excluding carboxylic acids is 1. The molecule has 0 atom stereocenters. The minimum absolute atomic E-state index is 0.426. The molecule has 0 aliphatic rings. The summed E-state index contributed by atoms with van der Waals surface area (Å²) in [6.07, 6.45) is -5.14. The highest BCUT2D eigenvalue weighted by Crippen LogP contribution is 2.35. The summed E-state index contributed by atoms with van der Waals surface area (Å²) < 4.78 is 43.8. The zero-order valence-corrected chi connectivity index (χ0v) is 11.2. The molecule has 0 unspecified atom stereocenters. The molecule has 11 heteroatoms. The number of nitrogens with zero attached hydrogens (tertiary/aromatic N) is 2. The van der Waals surface area contributed by atoms with Gasteiger partial charge in [-0.15, -0.1) is 13.2 Å². The number of methoxy groups -OCH3 is 1. The SMILES string of the molecule is COC(=O)c1cc(OC(F)(F)F)c([N+](=O)[O-])c(I)n1. The molecule has 1 heterocycles. The van der Waals surface area contributed by atoms with Gasteiger partial charge in [0.15, 0.2) is 9.39 Å². The smallest absolute Gasteiger partial charge is 0.464 e. The average Bonchev–Trinajstić information content (AvgIpc) is 2.24. The van der Waals surface area contributed by atoms with Crippen LogP contribution in [0.4, 0.5) is 18.9 Å². The lowest BCUT2D eigenvalue weighted by atomic mass is 10.3. The Bertz CT molecular complexity index is 534. The van der Waals surface area contributed by atoms with Crippen molar-refractivity contribution in [1.29, 1.82) is 0 Å². The molecule has 0 aromatic carbocycles. The molecular weight excluding hydrogens is 388 g/mol. The van der Waals surface area contributed by atoms with Crippen molar-refractivity contribution in [1.82, 2.24) is 4.98 Å². The van der Waals surface area contributed by atoms with E-state index in [4.69, 9.17) is 0 Å². The number of aromatic nitrogens is 1. The molecule has 0 N–H and O–H groups in total. The number of alkyl halides is 3. The molecule has 19 heavy (non-hydrogen) atoms. The lowest BCUT2D eigenvalue weighted by Gasteiger charge is -2.10. The number of rotatable bonds is 3. The molecular formula is C8H4F3IN2O5. The van der Waals surface area contributed by atoms with Crippen LogP contribution in [0.15, 0.2) is 6.07 Å². The fraction of sp³-hybridized carbons (Fsp3) is 0.250. The van der Waals surface area contributed by atoms with E-state index in [0.717, 1.165) is 7.11 Å². The number of carbonyl (C=O) groups is 1. The first-order valence-electron chi connectivity index (χ1n) is 4.34. The summed E-state index contributed by atoms with van der Waals surface area (Å²) in [7, 11) is 0.989. The van der Waals surface area contributed by atoms with E-state index in [9.17, 15) is 28.1 Å². The molecule has 0 spiro atoms. The first-order chi connectivity index (χ1) is 8.65. The highest BCUT2D eigenvalue weighted by Gasteiger charge is 2.36. The van der Waals surface area contributed by atoms with Crippen molar-refractivity contribution in [3.05, 3.63) is 25.6 Å². The molecule has 1 aromatic heterocycles. The van der Waals surface area contributed by atoms with Crippen LogP contribution in [0, 0.1) is 13.8 Å². The lowest BCUT2D eigenvalue weighted by molar-refractivity contribution is -0.390. The number of hydrogen-bond acceptors (Lipinski definition) is 6. The molecule has 0 saturated carbocycles. The van der Waals surface area contributed by atoms with Gasteiger partial charge in [0.25, 0.3) is 0 Å². The van der Waals surface area contributed by atoms with Gasteiger partial charge < -0.3 is 9.47 Å². The van der Waals surface area contributed by atoms with E-state index in [1.807, 2.05) is 0 Å². The molecule has 0 bridgehead atoms. The van der Waals surface area contributed by atoms with Gasteiger partial charge in [-0.1, -0.05) is 0 Å². The molecule has 0 radical (unpaired) electrons. The molecule has 104 valence electrons. The van der Waals surface area contributed by atoms with Crippen molar-refractivity contribution in [3.63, 3.8) is 0 Å². The number of pyridine rings is 1. The van der Waals surface area contributed by atoms with Gasteiger partial charge in [0, 0.05) is 6.07 Å². The Labute approximate surface area is 117 Å². The van der Waals surface area contributed by atoms with Gasteiger partial charge >= 0.3 is 18.0 Å². The first kappa shape index (κ1) is 15.4. The Kier molecular flexibility index (Phi) is 4.49. The lowest BCUT2D eigenvalue weighted by Crippen LogP contribution is -2.19. The molecule has 7 nitrogen and oxygen atoms in total. The van der Waals surface area contributed by atoms with Crippen LogP contribution in [0.25, 0.3) is 0 Å². The zero-order valence-electron chi connectivity index (χ0n) is 9.02. The van der Waals surface area contributed by atoms with E-state index in [0.29, 0.717) is 6.07 Å². The second-order valence-electron chi connectivity index (χ2n) is 2.94. The summed E-state index contributed by atoms with van der Waals surface area (Å²) in [5, 5.41) is 10.7.